The average Bonchev–Trinajstić information content (AvgIpc) is 2.74. The van der Waals surface area contributed by atoms with Crippen LogP contribution in [-0.2, 0) is 0 Å². The van der Waals surface area contributed by atoms with Crippen molar-refractivity contribution < 1.29 is 0 Å². The minimum Gasteiger partial charge on any atom is -0.323 e. The number of halogens is 1. The van der Waals surface area contributed by atoms with Crippen molar-refractivity contribution in [3.63, 3.8) is 0 Å². The highest BCUT2D eigenvalue weighted by atomic mass is 35.5. The predicted octanol–water partition coefficient (Wildman–Crippen LogP) is 3.98. The molecule has 1 unspecified atom stereocenters. The molecule has 0 aromatic carbocycles. The Morgan fingerprint density at radius 2 is 2.14 bits per heavy atom. The van der Waals surface area contributed by atoms with Gasteiger partial charge in [-0.15, -0.1) is 11.3 Å². The first-order valence-corrected chi connectivity index (χ1v) is 6.38. The number of rotatable bonds is 2. The Kier molecular flexibility index (Phi) is 2.87. The Morgan fingerprint density at radius 3 is 2.64 bits per heavy atom. The van der Waals surface area contributed by atoms with Crippen LogP contribution < -0.4 is 5.73 Å². The molecule has 0 bridgehead atoms. The van der Waals surface area contributed by atoms with E-state index in [0.29, 0.717) is 0 Å². The van der Waals surface area contributed by atoms with E-state index in [1.54, 1.807) is 11.3 Å². The first-order chi connectivity index (χ1) is 6.63. The number of nitrogens with two attached hydrogens (primary N) is 1. The molecule has 3 heteroatoms. The zero-order valence-electron chi connectivity index (χ0n) is 8.42. The second-order valence-corrected chi connectivity index (χ2v) is 5.83. The molecule has 1 atom stereocenters. The molecule has 0 aliphatic heterocycles. The van der Waals surface area contributed by atoms with Crippen LogP contribution in [-0.4, -0.2) is 0 Å². The van der Waals surface area contributed by atoms with Crippen LogP contribution in [0.2, 0.25) is 5.02 Å². The summed E-state index contributed by atoms with van der Waals surface area (Å²) in [6, 6.07) is 2.07. The largest absolute Gasteiger partial charge is 0.323 e. The zero-order chi connectivity index (χ0) is 10.2. The van der Waals surface area contributed by atoms with Crippen LogP contribution in [0.4, 0.5) is 0 Å². The fourth-order valence-electron chi connectivity index (χ4n) is 2.34. The monoisotopic (exact) mass is 229 g/mol. The van der Waals surface area contributed by atoms with Gasteiger partial charge >= 0.3 is 0 Å². The van der Waals surface area contributed by atoms with Crippen LogP contribution in [0.3, 0.4) is 0 Å². The van der Waals surface area contributed by atoms with Gasteiger partial charge in [0, 0.05) is 10.9 Å². The van der Waals surface area contributed by atoms with Crippen molar-refractivity contribution in [2.45, 2.75) is 38.6 Å². The lowest BCUT2D eigenvalue weighted by molar-refractivity contribution is 0.269. The van der Waals surface area contributed by atoms with E-state index in [-0.39, 0.29) is 11.5 Å². The SMILES string of the molecule is CC1(C(N)c2sccc2Cl)CCCC1. The van der Waals surface area contributed by atoms with Crippen LogP contribution in [0.15, 0.2) is 11.4 Å². The second kappa shape index (κ2) is 3.84. The molecule has 1 heterocycles. The third-order valence-corrected chi connectivity index (χ3v) is 4.87. The van der Waals surface area contributed by atoms with Gasteiger partial charge in [0.25, 0.3) is 0 Å². The van der Waals surface area contributed by atoms with Crippen LogP contribution >= 0.6 is 22.9 Å². The summed E-state index contributed by atoms with van der Waals surface area (Å²) >= 11 is 7.79. The van der Waals surface area contributed by atoms with Gasteiger partial charge in [-0.2, -0.15) is 0 Å². The van der Waals surface area contributed by atoms with Crippen LogP contribution in [0, 0.1) is 5.41 Å². The van der Waals surface area contributed by atoms with Gasteiger partial charge in [0.05, 0.1) is 5.02 Å². The van der Waals surface area contributed by atoms with E-state index >= 15 is 0 Å². The maximum Gasteiger partial charge on any atom is 0.0561 e. The Balaban J connectivity index is 2.23. The molecule has 2 N–H and O–H groups in total. The Bertz CT molecular complexity index is 315. The van der Waals surface area contributed by atoms with Gasteiger partial charge < -0.3 is 5.73 Å². The maximum atomic E-state index is 6.31. The molecular weight excluding hydrogens is 214 g/mol. The molecule has 14 heavy (non-hydrogen) atoms. The lowest BCUT2D eigenvalue weighted by Crippen LogP contribution is -2.28. The summed E-state index contributed by atoms with van der Waals surface area (Å²) in [6.07, 6.45) is 5.10. The Morgan fingerprint density at radius 1 is 1.50 bits per heavy atom. The Hall–Kier alpha value is -0.0500. The molecule has 0 radical (unpaired) electrons. The van der Waals surface area contributed by atoms with Crippen LogP contribution in [0.5, 0.6) is 0 Å². The van der Waals surface area contributed by atoms with E-state index < -0.39 is 0 Å². The fourth-order valence-corrected chi connectivity index (χ4v) is 3.69. The quantitative estimate of drug-likeness (QED) is 0.816. The third kappa shape index (κ3) is 1.71. The molecule has 2 rings (SSSR count). The molecule has 0 spiro atoms. The molecular formula is C11H16ClNS. The topological polar surface area (TPSA) is 26.0 Å². The van der Waals surface area contributed by atoms with Crippen LogP contribution in [0.25, 0.3) is 0 Å². The summed E-state index contributed by atoms with van der Waals surface area (Å²) in [4.78, 5) is 1.16. The van der Waals surface area contributed by atoms with Gasteiger partial charge in [0.1, 0.15) is 0 Å². The van der Waals surface area contributed by atoms with E-state index in [2.05, 4.69) is 6.92 Å². The van der Waals surface area contributed by atoms with Crippen molar-refractivity contribution in [2.75, 3.05) is 0 Å². The summed E-state index contributed by atoms with van der Waals surface area (Å²) in [7, 11) is 0. The summed E-state index contributed by atoms with van der Waals surface area (Å²) in [5, 5.41) is 2.87. The summed E-state index contributed by atoms with van der Waals surface area (Å²) in [6.45, 7) is 2.29. The molecule has 1 saturated carbocycles. The van der Waals surface area contributed by atoms with Crippen molar-refractivity contribution in [3.8, 4) is 0 Å². The van der Waals surface area contributed by atoms with E-state index in [9.17, 15) is 0 Å². The minimum absolute atomic E-state index is 0.123. The normalized spacial score (nSPS) is 22.5. The molecule has 1 aliphatic carbocycles. The first kappa shape index (κ1) is 10.5. The molecule has 1 aromatic heterocycles. The third-order valence-electron chi connectivity index (χ3n) is 3.42. The predicted molar refractivity (Wildman–Crippen MR) is 62.8 cm³/mol. The molecule has 1 fully saturated rings. The van der Waals surface area contributed by atoms with Gasteiger partial charge in [-0.3, -0.25) is 0 Å². The molecule has 1 nitrogen and oxygen atoms in total. The minimum atomic E-state index is 0.123. The van der Waals surface area contributed by atoms with Crippen LogP contribution in [0.1, 0.15) is 43.5 Å². The summed E-state index contributed by atoms with van der Waals surface area (Å²) in [5.74, 6) is 0. The van der Waals surface area contributed by atoms with Gasteiger partial charge in [-0.05, 0) is 29.7 Å². The molecule has 78 valence electrons. The highest BCUT2D eigenvalue weighted by Gasteiger charge is 2.36. The van der Waals surface area contributed by atoms with Gasteiger partial charge in [0.2, 0.25) is 0 Å². The number of hydrogen-bond donors (Lipinski definition) is 1. The molecule has 1 aliphatic rings. The maximum absolute atomic E-state index is 6.31. The van der Waals surface area contributed by atoms with Crippen molar-refractivity contribution >= 4 is 22.9 Å². The van der Waals surface area contributed by atoms with Crippen molar-refractivity contribution in [1.82, 2.24) is 0 Å². The second-order valence-electron chi connectivity index (χ2n) is 4.47. The van der Waals surface area contributed by atoms with Gasteiger partial charge in [-0.1, -0.05) is 31.4 Å². The van der Waals surface area contributed by atoms with Crippen molar-refractivity contribution in [1.29, 1.82) is 0 Å². The first-order valence-electron chi connectivity index (χ1n) is 5.12. The lowest BCUT2D eigenvalue weighted by Gasteiger charge is -2.30. The highest BCUT2D eigenvalue weighted by molar-refractivity contribution is 7.10. The van der Waals surface area contributed by atoms with Gasteiger partial charge in [-0.25, -0.2) is 0 Å². The molecule has 0 saturated heterocycles. The zero-order valence-corrected chi connectivity index (χ0v) is 10.00. The van der Waals surface area contributed by atoms with E-state index in [1.807, 2.05) is 11.4 Å². The Labute approximate surface area is 94.3 Å². The number of thiophene rings is 1. The lowest BCUT2D eigenvalue weighted by atomic mass is 9.80. The van der Waals surface area contributed by atoms with Crippen molar-refractivity contribution in [2.24, 2.45) is 11.1 Å². The van der Waals surface area contributed by atoms with Gasteiger partial charge in [0.15, 0.2) is 0 Å². The fraction of sp³-hybridized carbons (Fsp3) is 0.636. The smallest absolute Gasteiger partial charge is 0.0561 e. The average molecular weight is 230 g/mol. The van der Waals surface area contributed by atoms with Crippen molar-refractivity contribution in [3.05, 3.63) is 21.3 Å². The van der Waals surface area contributed by atoms with E-state index in [1.165, 1.54) is 25.7 Å². The van der Waals surface area contributed by atoms with E-state index in [0.717, 1.165) is 9.90 Å². The summed E-state index contributed by atoms with van der Waals surface area (Å²) in [5.41, 5.74) is 6.58. The number of hydrogen-bond acceptors (Lipinski definition) is 2. The van der Waals surface area contributed by atoms with E-state index in [4.69, 9.17) is 17.3 Å². The summed E-state index contributed by atoms with van der Waals surface area (Å²) < 4.78 is 0. The highest BCUT2D eigenvalue weighted by Crippen LogP contribution is 2.48. The standard InChI is InChI=1S/C11H16ClNS/c1-11(5-2-3-6-11)10(13)9-8(12)4-7-14-9/h4,7,10H,2-3,5-6,13H2,1H3. The molecule has 0 amide bonds. The molecule has 1 aromatic rings.